The molecule has 4 rings (SSSR count). The van der Waals surface area contributed by atoms with Crippen LogP contribution in [0.1, 0.15) is 12.8 Å². The van der Waals surface area contributed by atoms with Gasteiger partial charge in [0.15, 0.2) is 5.82 Å². The number of nitrogens with zero attached hydrogens (tertiary/aromatic N) is 3. The van der Waals surface area contributed by atoms with E-state index in [1.165, 1.54) is 12.3 Å². The second-order valence-electron chi connectivity index (χ2n) is 9.89. The van der Waals surface area contributed by atoms with Gasteiger partial charge in [0.05, 0.1) is 30.4 Å². The summed E-state index contributed by atoms with van der Waals surface area (Å²) in [5.41, 5.74) is 1.59. The number of hydrogen-bond acceptors (Lipinski definition) is 9. The van der Waals surface area contributed by atoms with Crippen LogP contribution in [0, 0.1) is 0 Å². The molecule has 1 saturated heterocycles. The van der Waals surface area contributed by atoms with Gasteiger partial charge < -0.3 is 34.9 Å². The third kappa shape index (κ3) is 7.33. The van der Waals surface area contributed by atoms with Crippen molar-refractivity contribution in [3.8, 4) is 11.5 Å². The third-order valence-corrected chi connectivity index (χ3v) is 8.17. The lowest BCUT2D eigenvalue weighted by molar-refractivity contribution is -0.111. The van der Waals surface area contributed by atoms with Crippen LogP contribution in [-0.2, 0) is 9.36 Å². The van der Waals surface area contributed by atoms with E-state index in [0.29, 0.717) is 39.7 Å². The molecule has 1 atom stereocenters. The zero-order valence-electron chi connectivity index (χ0n) is 23.0. The Balaban J connectivity index is 1.65. The number of amides is 1. The summed E-state index contributed by atoms with van der Waals surface area (Å²) in [6, 6.07) is 10.7. The summed E-state index contributed by atoms with van der Waals surface area (Å²) < 4.78 is 24.8. The number of para-hydroxylation sites is 1. The van der Waals surface area contributed by atoms with E-state index in [2.05, 4.69) is 44.4 Å². The fourth-order valence-electron chi connectivity index (χ4n) is 4.41. The number of likely N-dealkylation sites (tertiary alicyclic amines) is 1. The number of likely N-dealkylation sites (N-methyl/N-ethyl adjacent to an activating group) is 1. The highest BCUT2D eigenvalue weighted by Gasteiger charge is 2.22. The molecule has 3 aromatic rings. The Morgan fingerprint density at radius 1 is 1.18 bits per heavy atom. The summed E-state index contributed by atoms with van der Waals surface area (Å²) in [7, 11) is 1.03. The van der Waals surface area contributed by atoms with Crippen LogP contribution < -0.4 is 30.7 Å². The molecule has 12 heteroatoms. The normalized spacial score (nSPS) is 15.7. The number of piperidine rings is 1. The fourth-order valence-corrected chi connectivity index (χ4v) is 5.71. The minimum atomic E-state index is -2.56. The zero-order chi connectivity index (χ0) is 28.9. The fraction of sp³-hybridized carbons (Fsp3) is 0.321. The van der Waals surface area contributed by atoms with Crippen molar-refractivity contribution in [1.29, 1.82) is 0 Å². The average Bonchev–Trinajstić information content (AvgIpc) is 2.91. The molecule has 2 heterocycles. The number of benzene rings is 2. The maximum atomic E-state index is 12.8. The summed E-state index contributed by atoms with van der Waals surface area (Å²) >= 11 is 6.41. The molecule has 1 amide bonds. The van der Waals surface area contributed by atoms with Gasteiger partial charge in [0.25, 0.3) is 0 Å². The Hall–Kier alpha value is -3.59. The zero-order valence-corrected chi connectivity index (χ0v) is 24.7. The van der Waals surface area contributed by atoms with Gasteiger partial charge in [-0.25, -0.2) is 4.98 Å². The first-order valence-electron chi connectivity index (χ1n) is 12.8. The van der Waals surface area contributed by atoms with Crippen LogP contribution in [0.4, 0.5) is 28.8 Å². The van der Waals surface area contributed by atoms with E-state index in [4.69, 9.17) is 21.1 Å². The first-order valence-corrected chi connectivity index (χ1v) is 15.8. The van der Waals surface area contributed by atoms with E-state index in [1.807, 2.05) is 24.3 Å². The molecule has 1 unspecified atom stereocenters. The molecule has 1 aromatic heterocycles. The summed E-state index contributed by atoms with van der Waals surface area (Å²) in [6.45, 7) is 8.76. The number of ether oxygens (including phenoxy) is 2. The number of hydrogen-bond donors (Lipinski definition) is 3. The van der Waals surface area contributed by atoms with Crippen molar-refractivity contribution in [2.75, 3.05) is 56.5 Å². The molecule has 0 spiro atoms. The van der Waals surface area contributed by atoms with Gasteiger partial charge in [-0.15, -0.1) is 0 Å². The molecule has 10 nitrogen and oxygen atoms in total. The molecular formula is C28H34ClN6O4P. The van der Waals surface area contributed by atoms with Crippen LogP contribution in [0.15, 0.2) is 55.3 Å². The van der Waals surface area contributed by atoms with Gasteiger partial charge in [-0.05, 0) is 64.0 Å². The topological polar surface area (TPSA) is 118 Å². The van der Waals surface area contributed by atoms with Crippen LogP contribution in [0.5, 0.6) is 11.5 Å². The number of nitrogens with one attached hydrogen (secondary N) is 3. The van der Waals surface area contributed by atoms with Gasteiger partial charge in [-0.3, -0.25) is 4.79 Å². The van der Waals surface area contributed by atoms with Crippen LogP contribution in [0.25, 0.3) is 0 Å². The Labute approximate surface area is 239 Å². The first kappa shape index (κ1) is 29.4. The van der Waals surface area contributed by atoms with Gasteiger partial charge in [0.1, 0.15) is 29.8 Å². The molecule has 212 valence electrons. The molecule has 1 aliphatic rings. The lowest BCUT2D eigenvalue weighted by Gasteiger charge is -2.30. The molecule has 2 aromatic carbocycles. The van der Waals surface area contributed by atoms with Gasteiger partial charge in [-0.2, -0.15) is 4.98 Å². The smallest absolute Gasteiger partial charge is 0.247 e. The van der Waals surface area contributed by atoms with Crippen molar-refractivity contribution < 1.29 is 18.8 Å². The molecule has 40 heavy (non-hydrogen) atoms. The minimum Gasteiger partial charge on any atom is -0.494 e. The molecule has 1 aliphatic heterocycles. The molecule has 1 fully saturated rings. The minimum absolute atomic E-state index is 0.0284. The van der Waals surface area contributed by atoms with Crippen molar-refractivity contribution in [2.45, 2.75) is 18.9 Å². The van der Waals surface area contributed by atoms with Crippen molar-refractivity contribution in [1.82, 2.24) is 14.9 Å². The van der Waals surface area contributed by atoms with E-state index in [9.17, 15) is 9.36 Å². The largest absolute Gasteiger partial charge is 0.494 e. The van der Waals surface area contributed by atoms with E-state index in [-0.39, 0.29) is 23.0 Å². The summed E-state index contributed by atoms with van der Waals surface area (Å²) in [4.78, 5) is 23.3. The maximum absolute atomic E-state index is 12.8. The predicted octanol–water partition coefficient (Wildman–Crippen LogP) is 5.47. The molecule has 0 aliphatic carbocycles. The van der Waals surface area contributed by atoms with Gasteiger partial charge in [0.2, 0.25) is 11.9 Å². The molecule has 0 radical (unpaired) electrons. The van der Waals surface area contributed by atoms with Crippen molar-refractivity contribution in [3.05, 3.63) is 60.3 Å². The van der Waals surface area contributed by atoms with Crippen LogP contribution in [0.3, 0.4) is 0 Å². The number of anilines is 5. The SMILES string of the molecule is C=CC(=O)Nc1cc(Nc2ncc(Cl)c(Nc3ccccc3P(C)(C)=O)n2)c(OC)cc1OC1CCCN(C)C1. The number of rotatable bonds is 10. The first-order chi connectivity index (χ1) is 19.1. The number of halogens is 1. The Morgan fingerprint density at radius 2 is 1.95 bits per heavy atom. The molecule has 0 bridgehead atoms. The Bertz CT molecular complexity index is 1450. The van der Waals surface area contributed by atoms with Crippen LogP contribution in [-0.4, -0.2) is 67.5 Å². The van der Waals surface area contributed by atoms with Crippen LogP contribution >= 0.6 is 18.7 Å². The lowest BCUT2D eigenvalue weighted by atomic mass is 10.1. The van der Waals surface area contributed by atoms with Gasteiger partial charge >= 0.3 is 0 Å². The van der Waals surface area contributed by atoms with Crippen molar-refractivity contribution in [2.24, 2.45) is 0 Å². The van der Waals surface area contributed by atoms with Gasteiger partial charge in [-0.1, -0.05) is 30.3 Å². The Kier molecular flexibility index (Phi) is 9.35. The Morgan fingerprint density at radius 3 is 2.65 bits per heavy atom. The number of carbonyl (C=O) groups excluding carboxylic acids is 1. The quantitative estimate of drug-likeness (QED) is 0.210. The highest BCUT2D eigenvalue weighted by molar-refractivity contribution is 7.70. The van der Waals surface area contributed by atoms with Crippen molar-refractivity contribution in [3.63, 3.8) is 0 Å². The number of aromatic nitrogens is 2. The van der Waals surface area contributed by atoms with E-state index < -0.39 is 7.14 Å². The van der Waals surface area contributed by atoms with E-state index >= 15 is 0 Å². The second-order valence-corrected chi connectivity index (χ2v) is 13.5. The van der Waals surface area contributed by atoms with Crippen LogP contribution in [0.2, 0.25) is 5.02 Å². The maximum Gasteiger partial charge on any atom is 0.247 e. The summed E-state index contributed by atoms with van der Waals surface area (Å²) in [5, 5.41) is 10.1. The van der Waals surface area contributed by atoms with Gasteiger partial charge in [0, 0.05) is 17.9 Å². The van der Waals surface area contributed by atoms with E-state index in [0.717, 1.165) is 25.9 Å². The molecule has 3 N–H and O–H groups in total. The number of carbonyl (C=O) groups is 1. The summed E-state index contributed by atoms with van der Waals surface area (Å²) in [5.74, 6) is 1.13. The second kappa shape index (κ2) is 12.7. The average molecular weight is 585 g/mol. The standard InChI is InChI=1S/C28H34ClN6O4P/c1-6-26(36)31-22-14-21(23(38-3)15-24(22)39-18-10-9-13-35(2)17-18)33-28-30-16-19(29)27(34-28)32-20-11-7-8-12-25(20)40(4,5)37/h6-8,11-12,14-16,18H,1,9-10,13,17H2,2-5H3,(H,31,36)(H2,30,32,33,34). The highest BCUT2D eigenvalue weighted by Crippen LogP contribution is 2.40. The van der Waals surface area contributed by atoms with Crippen molar-refractivity contribution >= 4 is 58.8 Å². The molecular weight excluding hydrogens is 551 g/mol. The monoisotopic (exact) mass is 584 g/mol. The lowest BCUT2D eigenvalue weighted by Crippen LogP contribution is -2.38. The van der Waals surface area contributed by atoms with E-state index in [1.54, 1.807) is 32.6 Å². The highest BCUT2D eigenvalue weighted by atomic mass is 35.5. The summed E-state index contributed by atoms with van der Waals surface area (Å²) in [6.07, 6.45) is 4.56. The molecule has 0 saturated carbocycles. The third-order valence-electron chi connectivity index (χ3n) is 6.35. The number of methoxy groups -OCH3 is 1. The predicted molar refractivity (Wildman–Crippen MR) is 162 cm³/mol.